The first kappa shape index (κ1) is 17.9. The topological polar surface area (TPSA) is 24.3 Å². The summed E-state index contributed by atoms with van der Waals surface area (Å²) in [5.41, 5.74) is 5.31. The van der Waals surface area contributed by atoms with Crippen LogP contribution in [0.25, 0.3) is 16.9 Å². The minimum Gasteiger partial charge on any atom is -0.304 e. The van der Waals surface area contributed by atoms with Gasteiger partial charge in [-0.15, -0.1) is 0 Å². The zero-order valence-electron chi connectivity index (χ0n) is 15.9. The minimum atomic E-state index is -0.225. The third-order valence-electron chi connectivity index (χ3n) is 5.20. The number of benzene rings is 2. The van der Waals surface area contributed by atoms with Crippen molar-refractivity contribution in [2.24, 2.45) is 0 Å². The zero-order valence-corrected chi connectivity index (χ0v) is 15.9. The number of piperazine rings is 1. The average molecular weight is 364 g/mol. The SMILES string of the molecule is Cc1ccc(-n2cc(CN3CCN(C)CC3)c(-c3ccc(F)cc3)n2)cc1. The van der Waals surface area contributed by atoms with E-state index in [2.05, 4.69) is 54.2 Å². The molecule has 1 aromatic heterocycles. The fraction of sp³-hybridized carbons (Fsp3) is 0.318. The van der Waals surface area contributed by atoms with E-state index in [0.717, 1.165) is 49.7 Å². The third-order valence-corrected chi connectivity index (χ3v) is 5.20. The van der Waals surface area contributed by atoms with Crippen LogP contribution < -0.4 is 0 Å². The van der Waals surface area contributed by atoms with Gasteiger partial charge in [-0.3, -0.25) is 4.90 Å². The fourth-order valence-electron chi connectivity index (χ4n) is 3.45. The van der Waals surface area contributed by atoms with Gasteiger partial charge in [0.05, 0.1) is 11.4 Å². The number of nitrogens with zero attached hydrogens (tertiary/aromatic N) is 4. The van der Waals surface area contributed by atoms with Crippen molar-refractivity contribution in [3.05, 3.63) is 71.7 Å². The van der Waals surface area contributed by atoms with Gasteiger partial charge < -0.3 is 4.90 Å². The Morgan fingerprint density at radius 3 is 2.26 bits per heavy atom. The first-order valence-electron chi connectivity index (χ1n) is 9.41. The largest absolute Gasteiger partial charge is 0.304 e. The maximum Gasteiger partial charge on any atom is 0.123 e. The highest BCUT2D eigenvalue weighted by Crippen LogP contribution is 2.25. The number of rotatable bonds is 4. The number of aryl methyl sites for hydroxylation is 1. The van der Waals surface area contributed by atoms with Crippen molar-refractivity contribution in [2.75, 3.05) is 33.2 Å². The van der Waals surface area contributed by atoms with E-state index in [1.807, 2.05) is 16.8 Å². The van der Waals surface area contributed by atoms with Crippen molar-refractivity contribution in [1.82, 2.24) is 19.6 Å². The normalized spacial score (nSPS) is 16.0. The number of halogens is 1. The monoisotopic (exact) mass is 364 g/mol. The Labute approximate surface area is 159 Å². The second-order valence-corrected chi connectivity index (χ2v) is 7.37. The van der Waals surface area contributed by atoms with E-state index in [-0.39, 0.29) is 5.82 Å². The lowest BCUT2D eigenvalue weighted by Gasteiger charge is -2.32. The Bertz CT molecular complexity index is 891. The maximum atomic E-state index is 13.4. The second-order valence-electron chi connectivity index (χ2n) is 7.37. The molecular weight excluding hydrogens is 339 g/mol. The molecule has 0 N–H and O–H groups in total. The highest BCUT2D eigenvalue weighted by molar-refractivity contribution is 5.63. The molecule has 0 atom stereocenters. The summed E-state index contributed by atoms with van der Waals surface area (Å²) in [7, 11) is 2.16. The predicted molar refractivity (Wildman–Crippen MR) is 106 cm³/mol. The highest BCUT2D eigenvalue weighted by Gasteiger charge is 2.18. The smallest absolute Gasteiger partial charge is 0.123 e. The lowest BCUT2D eigenvalue weighted by Crippen LogP contribution is -2.43. The molecule has 1 fully saturated rings. The minimum absolute atomic E-state index is 0.225. The third kappa shape index (κ3) is 4.10. The fourth-order valence-corrected chi connectivity index (χ4v) is 3.45. The Balaban J connectivity index is 1.68. The van der Waals surface area contributed by atoms with Gasteiger partial charge in [-0.05, 0) is 50.4 Å². The van der Waals surface area contributed by atoms with Crippen LogP contribution in [0, 0.1) is 12.7 Å². The molecule has 1 aliphatic heterocycles. The van der Waals surface area contributed by atoms with E-state index in [1.54, 1.807) is 0 Å². The van der Waals surface area contributed by atoms with Crippen molar-refractivity contribution in [3.8, 4) is 16.9 Å². The van der Waals surface area contributed by atoms with Gasteiger partial charge in [0, 0.05) is 50.0 Å². The van der Waals surface area contributed by atoms with Crippen LogP contribution in [0.5, 0.6) is 0 Å². The van der Waals surface area contributed by atoms with E-state index in [4.69, 9.17) is 5.10 Å². The molecule has 27 heavy (non-hydrogen) atoms. The molecule has 1 saturated heterocycles. The van der Waals surface area contributed by atoms with Crippen molar-refractivity contribution < 1.29 is 4.39 Å². The first-order valence-corrected chi connectivity index (χ1v) is 9.41. The van der Waals surface area contributed by atoms with Crippen LogP contribution in [-0.4, -0.2) is 52.8 Å². The van der Waals surface area contributed by atoms with Crippen LogP contribution in [0.4, 0.5) is 4.39 Å². The summed E-state index contributed by atoms with van der Waals surface area (Å²) in [6, 6.07) is 15.0. The van der Waals surface area contributed by atoms with Gasteiger partial charge in [-0.25, -0.2) is 9.07 Å². The van der Waals surface area contributed by atoms with Crippen LogP contribution in [0.3, 0.4) is 0 Å². The molecule has 4 rings (SSSR count). The van der Waals surface area contributed by atoms with Gasteiger partial charge in [0.25, 0.3) is 0 Å². The second kappa shape index (κ2) is 7.62. The first-order chi connectivity index (χ1) is 13.1. The Kier molecular flexibility index (Phi) is 5.05. The molecule has 0 saturated carbocycles. The van der Waals surface area contributed by atoms with E-state index >= 15 is 0 Å². The van der Waals surface area contributed by atoms with Crippen LogP contribution in [0.1, 0.15) is 11.1 Å². The zero-order chi connectivity index (χ0) is 18.8. The van der Waals surface area contributed by atoms with E-state index in [1.165, 1.54) is 23.3 Å². The molecular formula is C22H25FN4. The lowest BCUT2D eigenvalue weighted by atomic mass is 10.1. The van der Waals surface area contributed by atoms with Gasteiger partial charge in [-0.2, -0.15) is 5.10 Å². The molecule has 0 radical (unpaired) electrons. The van der Waals surface area contributed by atoms with Crippen LogP contribution in [-0.2, 0) is 6.54 Å². The maximum absolute atomic E-state index is 13.4. The summed E-state index contributed by atoms with van der Waals surface area (Å²) in [4.78, 5) is 4.82. The Hall–Kier alpha value is -2.50. The van der Waals surface area contributed by atoms with Gasteiger partial charge in [-0.1, -0.05) is 17.7 Å². The number of hydrogen-bond acceptors (Lipinski definition) is 3. The quantitative estimate of drug-likeness (QED) is 0.705. The van der Waals surface area contributed by atoms with Crippen molar-refractivity contribution in [2.45, 2.75) is 13.5 Å². The summed E-state index contributed by atoms with van der Waals surface area (Å²) in [6.07, 6.45) is 2.11. The summed E-state index contributed by atoms with van der Waals surface area (Å²) in [5.74, 6) is -0.225. The molecule has 0 amide bonds. The predicted octanol–water partition coefficient (Wildman–Crippen LogP) is 3.73. The molecule has 0 unspecified atom stereocenters. The highest BCUT2D eigenvalue weighted by atomic mass is 19.1. The summed E-state index contributed by atoms with van der Waals surface area (Å²) < 4.78 is 15.3. The van der Waals surface area contributed by atoms with Crippen LogP contribution in [0.2, 0.25) is 0 Å². The van der Waals surface area contributed by atoms with Gasteiger partial charge >= 0.3 is 0 Å². The van der Waals surface area contributed by atoms with Crippen molar-refractivity contribution in [3.63, 3.8) is 0 Å². The van der Waals surface area contributed by atoms with Crippen LogP contribution in [0.15, 0.2) is 54.7 Å². The van der Waals surface area contributed by atoms with Crippen LogP contribution >= 0.6 is 0 Å². The summed E-state index contributed by atoms with van der Waals surface area (Å²) in [5, 5.41) is 4.85. The van der Waals surface area contributed by atoms with Gasteiger partial charge in [0.2, 0.25) is 0 Å². The van der Waals surface area contributed by atoms with Crippen molar-refractivity contribution >= 4 is 0 Å². The molecule has 5 heteroatoms. The summed E-state index contributed by atoms with van der Waals surface area (Å²) >= 11 is 0. The van der Waals surface area contributed by atoms with E-state index in [9.17, 15) is 4.39 Å². The molecule has 1 aliphatic rings. The number of hydrogen-bond donors (Lipinski definition) is 0. The molecule has 3 aromatic rings. The molecule has 4 nitrogen and oxygen atoms in total. The Morgan fingerprint density at radius 2 is 1.59 bits per heavy atom. The Morgan fingerprint density at radius 1 is 0.926 bits per heavy atom. The number of aromatic nitrogens is 2. The molecule has 0 aliphatic carbocycles. The molecule has 2 heterocycles. The molecule has 0 bridgehead atoms. The van der Waals surface area contributed by atoms with E-state index < -0.39 is 0 Å². The van der Waals surface area contributed by atoms with Gasteiger partial charge in [0.1, 0.15) is 5.82 Å². The average Bonchev–Trinajstić information content (AvgIpc) is 3.08. The molecule has 2 aromatic carbocycles. The lowest BCUT2D eigenvalue weighted by molar-refractivity contribution is 0.148. The molecule has 0 spiro atoms. The number of likely N-dealkylation sites (N-methyl/N-ethyl adjacent to an activating group) is 1. The summed E-state index contributed by atoms with van der Waals surface area (Å²) in [6.45, 7) is 7.20. The van der Waals surface area contributed by atoms with Gasteiger partial charge in [0.15, 0.2) is 0 Å². The standard InChI is InChI=1S/C22H25FN4/c1-17-3-9-21(10-4-17)27-16-19(15-26-13-11-25(2)12-14-26)22(24-27)18-5-7-20(23)8-6-18/h3-10,16H,11-15H2,1-2H3. The van der Waals surface area contributed by atoms with Crippen molar-refractivity contribution in [1.29, 1.82) is 0 Å². The molecule has 140 valence electrons. The van der Waals surface area contributed by atoms with E-state index in [0.29, 0.717) is 0 Å².